The summed E-state index contributed by atoms with van der Waals surface area (Å²) in [5.74, 6) is 0. The molecule has 4 aromatic rings. The molecule has 0 aliphatic heterocycles. The molecule has 3 heteroatoms. The van der Waals surface area contributed by atoms with E-state index in [0.29, 0.717) is 0 Å². The third kappa shape index (κ3) is 1.25. The predicted octanol–water partition coefficient (Wildman–Crippen LogP) is 4.24. The lowest BCUT2D eigenvalue weighted by molar-refractivity contribution is 1.17. The molecule has 0 radical (unpaired) electrons. The van der Waals surface area contributed by atoms with Crippen LogP contribution in [0.1, 0.15) is 0 Å². The van der Waals surface area contributed by atoms with Gasteiger partial charge in [-0.25, -0.2) is 4.98 Å². The summed E-state index contributed by atoms with van der Waals surface area (Å²) in [6.07, 6.45) is 1.85. The number of fused-ring (bicyclic) bond motifs is 3. The van der Waals surface area contributed by atoms with Crippen molar-refractivity contribution in [2.45, 2.75) is 0 Å². The van der Waals surface area contributed by atoms with Gasteiger partial charge in [0, 0.05) is 17.0 Å². The van der Waals surface area contributed by atoms with Gasteiger partial charge in [-0.05, 0) is 35.7 Å². The average molecular weight is 250 g/mol. The van der Waals surface area contributed by atoms with Crippen LogP contribution in [0.25, 0.3) is 26.9 Å². The summed E-state index contributed by atoms with van der Waals surface area (Å²) in [6.45, 7) is 0. The third-order valence-corrected chi connectivity index (χ3v) is 4.01. The van der Waals surface area contributed by atoms with Gasteiger partial charge >= 0.3 is 0 Å². The van der Waals surface area contributed by atoms with E-state index in [1.807, 2.05) is 12.3 Å². The Bertz CT molecular complexity index is 775. The standard InChI is InChI=1S/C15H10N2S/c1-2-7-13-11(5-1)12-6-3-9-16-15(12)17(13)14-8-4-10-18-14/h1-10H. The van der Waals surface area contributed by atoms with Gasteiger partial charge in [0.2, 0.25) is 0 Å². The molecule has 86 valence electrons. The fourth-order valence-corrected chi connectivity index (χ4v) is 3.16. The highest BCUT2D eigenvalue weighted by atomic mass is 32.1. The second kappa shape index (κ2) is 3.68. The first-order valence-corrected chi connectivity index (χ1v) is 6.71. The number of para-hydroxylation sites is 1. The smallest absolute Gasteiger partial charge is 0.146 e. The summed E-state index contributed by atoms with van der Waals surface area (Å²) in [5, 5.41) is 5.77. The van der Waals surface area contributed by atoms with Crippen LogP contribution in [0.2, 0.25) is 0 Å². The van der Waals surface area contributed by atoms with E-state index in [1.165, 1.54) is 21.3 Å². The average Bonchev–Trinajstić information content (AvgIpc) is 3.03. The van der Waals surface area contributed by atoms with E-state index in [-0.39, 0.29) is 0 Å². The largest absolute Gasteiger partial charge is 0.285 e. The van der Waals surface area contributed by atoms with Crippen LogP contribution in [0.3, 0.4) is 0 Å². The molecule has 0 bridgehead atoms. The van der Waals surface area contributed by atoms with Gasteiger partial charge in [-0.15, -0.1) is 11.3 Å². The van der Waals surface area contributed by atoms with Crippen LogP contribution in [-0.4, -0.2) is 9.55 Å². The maximum absolute atomic E-state index is 4.54. The van der Waals surface area contributed by atoms with E-state index < -0.39 is 0 Å². The monoisotopic (exact) mass is 250 g/mol. The molecule has 0 aliphatic rings. The van der Waals surface area contributed by atoms with E-state index in [2.05, 4.69) is 57.4 Å². The lowest BCUT2D eigenvalue weighted by Crippen LogP contribution is -1.91. The molecule has 0 fully saturated rings. The van der Waals surface area contributed by atoms with Crippen LogP contribution in [0.5, 0.6) is 0 Å². The van der Waals surface area contributed by atoms with Gasteiger partial charge in [0.1, 0.15) is 10.6 Å². The second-order valence-corrected chi connectivity index (χ2v) is 5.10. The highest BCUT2D eigenvalue weighted by Gasteiger charge is 2.12. The molecule has 18 heavy (non-hydrogen) atoms. The van der Waals surface area contributed by atoms with Crippen LogP contribution >= 0.6 is 11.3 Å². The highest BCUT2D eigenvalue weighted by molar-refractivity contribution is 7.12. The van der Waals surface area contributed by atoms with E-state index in [4.69, 9.17) is 0 Å². The maximum atomic E-state index is 4.54. The van der Waals surface area contributed by atoms with Gasteiger partial charge in [-0.1, -0.05) is 18.2 Å². The van der Waals surface area contributed by atoms with Crippen LogP contribution in [0.15, 0.2) is 60.1 Å². The van der Waals surface area contributed by atoms with Gasteiger partial charge in [0.15, 0.2) is 0 Å². The summed E-state index contributed by atoms with van der Waals surface area (Å²) in [5.41, 5.74) is 2.25. The number of aromatic nitrogens is 2. The number of thiophene rings is 1. The quantitative estimate of drug-likeness (QED) is 0.494. The first-order valence-electron chi connectivity index (χ1n) is 5.83. The van der Waals surface area contributed by atoms with Crippen molar-refractivity contribution in [3.8, 4) is 5.00 Å². The van der Waals surface area contributed by atoms with Crippen molar-refractivity contribution < 1.29 is 0 Å². The predicted molar refractivity (Wildman–Crippen MR) is 76.5 cm³/mol. The summed E-state index contributed by atoms with van der Waals surface area (Å²) in [7, 11) is 0. The molecule has 1 aromatic carbocycles. The Morgan fingerprint density at radius 1 is 0.889 bits per heavy atom. The second-order valence-electron chi connectivity index (χ2n) is 4.18. The van der Waals surface area contributed by atoms with Crippen molar-refractivity contribution >= 4 is 33.3 Å². The normalized spacial score (nSPS) is 11.3. The number of hydrogen-bond acceptors (Lipinski definition) is 2. The fraction of sp³-hybridized carbons (Fsp3) is 0. The summed E-state index contributed by atoms with van der Waals surface area (Å²) < 4.78 is 2.23. The van der Waals surface area contributed by atoms with E-state index in [9.17, 15) is 0 Å². The summed E-state index contributed by atoms with van der Waals surface area (Å²) in [4.78, 5) is 4.54. The zero-order chi connectivity index (χ0) is 11.9. The molecule has 0 saturated heterocycles. The number of nitrogens with zero attached hydrogens (tertiary/aromatic N) is 2. The molecule has 0 N–H and O–H groups in total. The third-order valence-electron chi connectivity index (χ3n) is 3.16. The Hall–Kier alpha value is -2.13. The van der Waals surface area contributed by atoms with Crippen molar-refractivity contribution in [3.63, 3.8) is 0 Å². The minimum absolute atomic E-state index is 1.03. The van der Waals surface area contributed by atoms with Crippen LogP contribution in [0.4, 0.5) is 0 Å². The van der Waals surface area contributed by atoms with Gasteiger partial charge in [-0.3, -0.25) is 4.57 Å². The molecule has 0 unspecified atom stereocenters. The van der Waals surface area contributed by atoms with E-state index in [0.717, 1.165) is 5.65 Å². The summed E-state index contributed by atoms with van der Waals surface area (Å²) >= 11 is 1.73. The maximum Gasteiger partial charge on any atom is 0.146 e. The SMILES string of the molecule is c1csc(-n2c3ccccc3c3cccnc32)c1. The number of benzene rings is 1. The molecule has 2 nitrogen and oxygen atoms in total. The van der Waals surface area contributed by atoms with Crippen molar-refractivity contribution in [1.29, 1.82) is 0 Å². The Morgan fingerprint density at radius 3 is 2.67 bits per heavy atom. The van der Waals surface area contributed by atoms with Crippen LogP contribution in [-0.2, 0) is 0 Å². The summed E-state index contributed by atoms with van der Waals surface area (Å²) in [6, 6.07) is 16.8. The lowest BCUT2D eigenvalue weighted by atomic mass is 10.2. The first-order chi connectivity index (χ1) is 8.95. The lowest BCUT2D eigenvalue weighted by Gasteiger charge is -2.02. The van der Waals surface area contributed by atoms with E-state index >= 15 is 0 Å². The Balaban J connectivity index is 2.28. The molecule has 0 atom stereocenters. The van der Waals surface area contributed by atoms with Crippen molar-refractivity contribution in [3.05, 3.63) is 60.1 Å². The van der Waals surface area contributed by atoms with Crippen molar-refractivity contribution in [2.75, 3.05) is 0 Å². The van der Waals surface area contributed by atoms with Crippen molar-refractivity contribution in [1.82, 2.24) is 9.55 Å². The molecule has 0 amide bonds. The minimum atomic E-state index is 1.03. The Kier molecular flexibility index (Phi) is 2.02. The molecule has 3 aromatic heterocycles. The van der Waals surface area contributed by atoms with Gasteiger partial charge in [0.25, 0.3) is 0 Å². The highest BCUT2D eigenvalue weighted by Crippen LogP contribution is 2.31. The Labute approximate surface area is 108 Å². The molecule has 0 spiro atoms. The van der Waals surface area contributed by atoms with Gasteiger partial charge < -0.3 is 0 Å². The molecule has 0 saturated carbocycles. The molecular formula is C15H10N2S. The first kappa shape index (κ1) is 9.85. The van der Waals surface area contributed by atoms with Crippen LogP contribution in [0, 0.1) is 0 Å². The van der Waals surface area contributed by atoms with Gasteiger partial charge in [0.05, 0.1) is 5.52 Å². The Morgan fingerprint density at radius 2 is 1.78 bits per heavy atom. The molecule has 0 aliphatic carbocycles. The van der Waals surface area contributed by atoms with Crippen LogP contribution < -0.4 is 0 Å². The number of pyridine rings is 1. The van der Waals surface area contributed by atoms with Crippen molar-refractivity contribution in [2.24, 2.45) is 0 Å². The minimum Gasteiger partial charge on any atom is -0.285 e. The van der Waals surface area contributed by atoms with E-state index in [1.54, 1.807) is 11.3 Å². The fourth-order valence-electron chi connectivity index (χ4n) is 2.42. The molecule has 3 heterocycles. The zero-order valence-corrected chi connectivity index (χ0v) is 10.4. The molecule has 4 rings (SSSR count). The number of hydrogen-bond donors (Lipinski definition) is 0. The number of rotatable bonds is 1. The molecular weight excluding hydrogens is 240 g/mol. The zero-order valence-electron chi connectivity index (χ0n) is 9.58. The topological polar surface area (TPSA) is 17.8 Å². The van der Waals surface area contributed by atoms with Gasteiger partial charge in [-0.2, -0.15) is 0 Å².